The van der Waals surface area contributed by atoms with Gasteiger partial charge in [-0.3, -0.25) is 9.59 Å². The van der Waals surface area contributed by atoms with Gasteiger partial charge in [-0.1, -0.05) is 53.6 Å². The third kappa shape index (κ3) is 3.61. The summed E-state index contributed by atoms with van der Waals surface area (Å²) in [4.78, 5) is 28.7. The molecule has 162 valence electrons. The van der Waals surface area contributed by atoms with Crippen molar-refractivity contribution in [2.24, 2.45) is 0 Å². The molecule has 0 atom stereocenters. The molecule has 0 bridgehead atoms. The number of hydrogen-bond acceptors (Lipinski definition) is 3. The molecule has 0 saturated heterocycles. The van der Waals surface area contributed by atoms with E-state index in [0.717, 1.165) is 33.4 Å². The Labute approximate surface area is 193 Å². The fourth-order valence-corrected chi connectivity index (χ4v) is 4.24. The van der Waals surface area contributed by atoms with Crippen LogP contribution in [0.3, 0.4) is 0 Å². The van der Waals surface area contributed by atoms with Crippen LogP contribution in [0.15, 0.2) is 60.3 Å². The number of anilines is 2. The van der Waals surface area contributed by atoms with Crippen molar-refractivity contribution in [2.75, 3.05) is 10.2 Å². The van der Waals surface area contributed by atoms with Gasteiger partial charge in [0.15, 0.2) is 0 Å². The maximum Gasteiger partial charge on any atom is 0.282 e. The van der Waals surface area contributed by atoms with Crippen molar-refractivity contribution in [1.82, 2.24) is 0 Å². The van der Waals surface area contributed by atoms with Crippen LogP contribution in [-0.4, -0.2) is 11.8 Å². The van der Waals surface area contributed by atoms with E-state index < -0.39 is 0 Å². The Morgan fingerprint density at radius 3 is 2.22 bits per heavy atom. The van der Waals surface area contributed by atoms with Gasteiger partial charge in [0.05, 0.1) is 11.3 Å². The molecule has 1 heterocycles. The van der Waals surface area contributed by atoms with Crippen molar-refractivity contribution in [3.05, 3.63) is 98.7 Å². The highest BCUT2D eigenvalue weighted by Gasteiger charge is 2.41. The molecule has 0 aliphatic carbocycles. The topological polar surface area (TPSA) is 49.4 Å². The van der Waals surface area contributed by atoms with Gasteiger partial charge < -0.3 is 5.32 Å². The number of aryl methyl sites for hydroxylation is 3. The van der Waals surface area contributed by atoms with Gasteiger partial charge >= 0.3 is 0 Å². The minimum Gasteiger partial charge on any atom is -0.350 e. The Morgan fingerprint density at radius 1 is 0.781 bits per heavy atom. The van der Waals surface area contributed by atoms with Crippen LogP contribution in [0.2, 0.25) is 5.02 Å². The standard InChI is InChI=1S/C27H25ClN2O2/c1-15-12-13-20(17(3)14-15)24-25(29-22-10-7-9-21(28)19(22)5)27(32)30(26(24)31)23-11-6-8-16(2)18(23)4/h6-14,29H,1-5H3. The number of carbonyl (C=O) groups excluding carboxylic acids is 2. The largest absolute Gasteiger partial charge is 0.350 e. The van der Waals surface area contributed by atoms with Crippen LogP contribution in [0.4, 0.5) is 11.4 Å². The Bertz CT molecular complexity index is 1310. The van der Waals surface area contributed by atoms with Gasteiger partial charge in [-0.15, -0.1) is 0 Å². The lowest BCUT2D eigenvalue weighted by atomic mass is 9.97. The van der Waals surface area contributed by atoms with Crippen LogP contribution in [0.25, 0.3) is 5.57 Å². The van der Waals surface area contributed by atoms with Crippen molar-refractivity contribution in [3.63, 3.8) is 0 Å². The fourth-order valence-electron chi connectivity index (χ4n) is 4.06. The van der Waals surface area contributed by atoms with Gasteiger partial charge in [-0.2, -0.15) is 0 Å². The van der Waals surface area contributed by atoms with E-state index in [-0.39, 0.29) is 17.5 Å². The number of nitrogens with zero attached hydrogens (tertiary/aromatic N) is 1. The Kier molecular flexibility index (Phi) is 5.66. The van der Waals surface area contributed by atoms with Crippen molar-refractivity contribution in [3.8, 4) is 0 Å². The molecule has 0 spiro atoms. The summed E-state index contributed by atoms with van der Waals surface area (Å²) in [6.45, 7) is 9.73. The third-order valence-electron chi connectivity index (χ3n) is 6.08. The number of halogens is 1. The van der Waals surface area contributed by atoms with Gasteiger partial charge in [0.25, 0.3) is 11.8 Å². The van der Waals surface area contributed by atoms with Crippen LogP contribution < -0.4 is 10.2 Å². The summed E-state index contributed by atoms with van der Waals surface area (Å²) in [5.74, 6) is -0.712. The van der Waals surface area contributed by atoms with E-state index in [4.69, 9.17) is 11.6 Å². The number of rotatable bonds is 4. The van der Waals surface area contributed by atoms with E-state index in [2.05, 4.69) is 5.32 Å². The Hall–Kier alpha value is -3.37. The van der Waals surface area contributed by atoms with Crippen LogP contribution in [0.5, 0.6) is 0 Å². The summed E-state index contributed by atoms with van der Waals surface area (Å²) < 4.78 is 0. The molecule has 3 aromatic carbocycles. The zero-order valence-electron chi connectivity index (χ0n) is 18.8. The number of amides is 2. The number of benzene rings is 3. The summed E-state index contributed by atoms with van der Waals surface area (Å²) in [5.41, 5.74) is 7.41. The molecule has 5 heteroatoms. The molecule has 0 radical (unpaired) electrons. The molecule has 4 nitrogen and oxygen atoms in total. The van der Waals surface area contributed by atoms with E-state index in [1.54, 1.807) is 6.07 Å². The van der Waals surface area contributed by atoms with E-state index >= 15 is 0 Å². The van der Waals surface area contributed by atoms with Gasteiger partial charge in [0.2, 0.25) is 0 Å². The zero-order valence-corrected chi connectivity index (χ0v) is 19.6. The molecule has 1 N–H and O–H groups in total. The lowest BCUT2D eigenvalue weighted by Crippen LogP contribution is -2.33. The molecule has 32 heavy (non-hydrogen) atoms. The summed E-state index contributed by atoms with van der Waals surface area (Å²) in [7, 11) is 0. The predicted octanol–water partition coefficient (Wildman–Crippen LogP) is 6.28. The minimum atomic E-state index is -0.377. The number of imide groups is 1. The molecule has 3 aromatic rings. The highest BCUT2D eigenvalue weighted by molar-refractivity contribution is 6.46. The first kappa shape index (κ1) is 21.8. The highest BCUT2D eigenvalue weighted by Crippen LogP contribution is 2.37. The fraction of sp³-hybridized carbons (Fsp3) is 0.185. The summed E-state index contributed by atoms with van der Waals surface area (Å²) in [6, 6.07) is 17.0. The van der Waals surface area contributed by atoms with Gasteiger partial charge in [-0.05, 0) is 80.6 Å². The van der Waals surface area contributed by atoms with Crippen molar-refractivity contribution >= 4 is 40.4 Å². The number of hydrogen-bond donors (Lipinski definition) is 1. The first-order valence-electron chi connectivity index (χ1n) is 10.5. The molecule has 4 rings (SSSR count). The maximum absolute atomic E-state index is 13.8. The maximum atomic E-state index is 13.8. The van der Waals surface area contributed by atoms with Crippen LogP contribution in [-0.2, 0) is 9.59 Å². The Morgan fingerprint density at radius 2 is 1.50 bits per heavy atom. The van der Waals surface area contributed by atoms with Crippen LogP contribution >= 0.6 is 11.6 Å². The second kappa shape index (κ2) is 8.29. The molecule has 1 aliphatic heterocycles. The van der Waals surface area contributed by atoms with Crippen molar-refractivity contribution in [2.45, 2.75) is 34.6 Å². The number of carbonyl (C=O) groups is 2. The van der Waals surface area contributed by atoms with E-state index in [1.807, 2.05) is 83.1 Å². The second-order valence-corrected chi connectivity index (χ2v) is 8.68. The molecule has 0 aromatic heterocycles. The average Bonchev–Trinajstić information content (AvgIpc) is 2.98. The van der Waals surface area contributed by atoms with Crippen LogP contribution in [0.1, 0.15) is 33.4 Å². The van der Waals surface area contributed by atoms with E-state index in [9.17, 15) is 9.59 Å². The van der Waals surface area contributed by atoms with Crippen molar-refractivity contribution < 1.29 is 9.59 Å². The second-order valence-electron chi connectivity index (χ2n) is 8.27. The normalized spacial score (nSPS) is 13.9. The Balaban J connectivity index is 1.92. The van der Waals surface area contributed by atoms with Gasteiger partial charge in [0.1, 0.15) is 5.70 Å². The summed E-state index contributed by atoms with van der Waals surface area (Å²) in [5, 5.41) is 3.83. The molecule has 0 fully saturated rings. The monoisotopic (exact) mass is 444 g/mol. The first-order valence-corrected chi connectivity index (χ1v) is 10.9. The smallest absolute Gasteiger partial charge is 0.282 e. The van der Waals surface area contributed by atoms with E-state index in [0.29, 0.717) is 22.0 Å². The minimum absolute atomic E-state index is 0.258. The third-order valence-corrected chi connectivity index (χ3v) is 6.49. The SMILES string of the molecule is Cc1ccc(C2=C(Nc3cccc(Cl)c3C)C(=O)N(c3cccc(C)c3C)C2=O)c(C)c1. The van der Waals surface area contributed by atoms with Crippen LogP contribution in [0, 0.1) is 34.6 Å². The summed E-state index contributed by atoms with van der Waals surface area (Å²) in [6.07, 6.45) is 0. The molecule has 0 saturated carbocycles. The molecule has 2 amide bonds. The van der Waals surface area contributed by atoms with Gasteiger partial charge in [0, 0.05) is 10.7 Å². The van der Waals surface area contributed by atoms with Gasteiger partial charge in [-0.25, -0.2) is 4.90 Å². The highest BCUT2D eigenvalue weighted by atomic mass is 35.5. The summed E-state index contributed by atoms with van der Waals surface area (Å²) >= 11 is 6.30. The quantitative estimate of drug-likeness (QED) is 0.482. The predicted molar refractivity (Wildman–Crippen MR) is 131 cm³/mol. The first-order chi connectivity index (χ1) is 15.2. The molecular weight excluding hydrogens is 420 g/mol. The zero-order chi connectivity index (χ0) is 23.2. The lowest BCUT2D eigenvalue weighted by Gasteiger charge is -2.19. The molecular formula is C27H25ClN2O2. The molecule has 0 unspecified atom stereocenters. The molecule has 1 aliphatic rings. The lowest BCUT2D eigenvalue weighted by molar-refractivity contribution is -0.120. The van der Waals surface area contributed by atoms with E-state index in [1.165, 1.54) is 4.90 Å². The van der Waals surface area contributed by atoms with Crippen molar-refractivity contribution in [1.29, 1.82) is 0 Å². The number of nitrogens with one attached hydrogen (secondary N) is 1. The average molecular weight is 445 g/mol.